The number of nitrogens with two attached hydrogens (primary N) is 1. The third-order valence-corrected chi connectivity index (χ3v) is 3.18. The van der Waals surface area contributed by atoms with Crippen molar-refractivity contribution < 1.29 is 4.74 Å². The fraction of sp³-hybridized carbons (Fsp3) is 0.538. The standard InChI is InChI=1S/C13H22N2O/c1-13(2,15(3)10-9-14)11-7-5-6-8-12(11)16-4/h5-8H,9-10,14H2,1-4H3. The second-order valence-corrected chi connectivity index (χ2v) is 4.47. The Morgan fingerprint density at radius 3 is 2.50 bits per heavy atom. The van der Waals surface area contributed by atoms with Crippen LogP contribution in [0.25, 0.3) is 0 Å². The first-order chi connectivity index (χ1) is 7.54. The van der Waals surface area contributed by atoms with Gasteiger partial charge in [-0.3, -0.25) is 4.90 Å². The van der Waals surface area contributed by atoms with Gasteiger partial charge in [-0.1, -0.05) is 18.2 Å². The summed E-state index contributed by atoms with van der Waals surface area (Å²) >= 11 is 0. The molecule has 0 aliphatic carbocycles. The van der Waals surface area contributed by atoms with E-state index in [4.69, 9.17) is 10.5 Å². The molecule has 0 aromatic heterocycles. The first kappa shape index (κ1) is 13.0. The average molecular weight is 222 g/mol. The van der Waals surface area contributed by atoms with E-state index in [1.54, 1.807) is 7.11 Å². The van der Waals surface area contributed by atoms with Gasteiger partial charge in [-0.25, -0.2) is 0 Å². The number of methoxy groups -OCH3 is 1. The first-order valence-corrected chi connectivity index (χ1v) is 5.59. The van der Waals surface area contributed by atoms with Crippen molar-refractivity contribution in [3.05, 3.63) is 29.8 Å². The molecule has 0 fully saturated rings. The van der Waals surface area contributed by atoms with Crippen molar-refractivity contribution >= 4 is 0 Å². The highest BCUT2D eigenvalue weighted by atomic mass is 16.5. The van der Waals surface area contributed by atoms with Crippen LogP contribution < -0.4 is 10.5 Å². The van der Waals surface area contributed by atoms with Crippen molar-refractivity contribution in [3.63, 3.8) is 0 Å². The number of nitrogens with zero attached hydrogens (tertiary/aromatic N) is 1. The molecule has 0 radical (unpaired) electrons. The SMILES string of the molecule is COc1ccccc1C(C)(C)N(C)CCN. The van der Waals surface area contributed by atoms with Gasteiger partial charge in [0.2, 0.25) is 0 Å². The Balaban J connectivity index is 3.05. The summed E-state index contributed by atoms with van der Waals surface area (Å²) in [5, 5.41) is 0. The first-order valence-electron chi connectivity index (χ1n) is 5.59. The molecule has 1 aromatic carbocycles. The third kappa shape index (κ3) is 2.54. The minimum atomic E-state index is -0.0774. The summed E-state index contributed by atoms with van der Waals surface area (Å²) in [7, 11) is 3.79. The Morgan fingerprint density at radius 2 is 1.94 bits per heavy atom. The summed E-state index contributed by atoms with van der Waals surface area (Å²) < 4.78 is 5.40. The van der Waals surface area contributed by atoms with Crippen LogP contribution in [0, 0.1) is 0 Å². The molecule has 3 heteroatoms. The molecule has 0 saturated carbocycles. The highest BCUT2D eigenvalue weighted by Gasteiger charge is 2.27. The van der Waals surface area contributed by atoms with Crippen LogP contribution in [0.3, 0.4) is 0 Å². The van der Waals surface area contributed by atoms with Crippen molar-refractivity contribution in [2.75, 3.05) is 27.2 Å². The van der Waals surface area contributed by atoms with Crippen LogP contribution in [-0.2, 0) is 5.54 Å². The molecule has 3 nitrogen and oxygen atoms in total. The molecule has 0 aliphatic rings. The van der Waals surface area contributed by atoms with Crippen molar-refractivity contribution in [3.8, 4) is 5.75 Å². The molecular formula is C13H22N2O. The van der Waals surface area contributed by atoms with E-state index in [0.717, 1.165) is 12.3 Å². The fourth-order valence-corrected chi connectivity index (χ4v) is 1.83. The number of hydrogen-bond acceptors (Lipinski definition) is 3. The van der Waals surface area contributed by atoms with E-state index in [1.165, 1.54) is 5.56 Å². The molecule has 2 N–H and O–H groups in total. The van der Waals surface area contributed by atoms with Gasteiger partial charge in [0.25, 0.3) is 0 Å². The molecular weight excluding hydrogens is 200 g/mol. The number of rotatable bonds is 5. The van der Waals surface area contributed by atoms with Crippen molar-refractivity contribution in [1.29, 1.82) is 0 Å². The molecule has 0 aliphatic heterocycles. The van der Waals surface area contributed by atoms with Crippen molar-refractivity contribution in [2.45, 2.75) is 19.4 Å². The molecule has 1 rings (SSSR count). The van der Waals surface area contributed by atoms with E-state index in [9.17, 15) is 0 Å². The van der Waals surface area contributed by atoms with E-state index < -0.39 is 0 Å². The number of likely N-dealkylation sites (N-methyl/N-ethyl adjacent to an activating group) is 1. The van der Waals surface area contributed by atoms with Crippen LogP contribution >= 0.6 is 0 Å². The average Bonchev–Trinajstić information content (AvgIpc) is 2.29. The molecule has 1 aromatic rings. The topological polar surface area (TPSA) is 38.5 Å². The third-order valence-electron chi connectivity index (χ3n) is 3.18. The van der Waals surface area contributed by atoms with E-state index in [0.29, 0.717) is 6.54 Å². The highest BCUT2D eigenvalue weighted by molar-refractivity contribution is 5.38. The lowest BCUT2D eigenvalue weighted by Gasteiger charge is -2.36. The Labute approximate surface area is 98.2 Å². The van der Waals surface area contributed by atoms with Crippen LogP contribution in [0.2, 0.25) is 0 Å². The van der Waals surface area contributed by atoms with Gasteiger partial charge in [0.1, 0.15) is 5.75 Å². The highest BCUT2D eigenvalue weighted by Crippen LogP contribution is 2.33. The molecule has 90 valence electrons. The van der Waals surface area contributed by atoms with Crippen LogP contribution in [0.15, 0.2) is 24.3 Å². The smallest absolute Gasteiger partial charge is 0.123 e. The van der Waals surface area contributed by atoms with Crippen molar-refractivity contribution in [1.82, 2.24) is 4.90 Å². The van der Waals surface area contributed by atoms with Gasteiger partial charge in [0.05, 0.1) is 7.11 Å². The summed E-state index contributed by atoms with van der Waals surface area (Å²) in [6.07, 6.45) is 0. The molecule has 0 amide bonds. The zero-order chi connectivity index (χ0) is 12.2. The predicted octanol–water partition coefficient (Wildman–Crippen LogP) is 1.82. The minimum Gasteiger partial charge on any atom is -0.496 e. The Morgan fingerprint density at radius 1 is 1.31 bits per heavy atom. The summed E-state index contributed by atoms with van der Waals surface area (Å²) in [6.45, 7) is 5.89. The molecule has 0 heterocycles. The Hall–Kier alpha value is -1.06. The fourth-order valence-electron chi connectivity index (χ4n) is 1.83. The summed E-state index contributed by atoms with van der Waals surface area (Å²) in [4.78, 5) is 2.24. The zero-order valence-electron chi connectivity index (χ0n) is 10.7. The molecule has 0 unspecified atom stereocenters. The molecule has 0 saturated heterocycles. The van der Waals surface area contributed by atoms with E-state index in [2.05, 4.69) is 31.9 Å². The molecule has 16 heavy (non-hydrogen) atoms. The quantitative estimate of drug-likeness (QED) is 0.826. The number of benzene rings is 1. The number of para-hydroxylation sites is 1. The minimum absolute atomic E-state index is 0.0774. The van der Waals surface area contributed by atoms with Crippen LogP contribution in [0.4, 0.5) is 0 Å². The lowest BCUT2D eigenvalue weighted by Crippen LogP contribution is -2.41. The van der Waals surface area contributed by atoms with Crippen LogP contribution in [0.5, 0.6) is 5.75 Å². The maximum absolute atomic E-state index is 5.60. The van der Waals surface area contributed by atoms with E-state index in [1.807, 2.05) is 18.2 Å². The largest absolute Gasteiger partial charge is 0.496 e. The number of ether oxygens (including phenoxy) is 1. The lowest BCUT2D eigenvalue weighted by atomic mass is 9.91. The summed E-state index contributed by atoms with van der Waals surface area (Å²) in [5.74, 6) is 0.927. The maximum atomic E-state index is 5.60. The van der Waals surface area contributed by atoms with Crippen LogP contribution in [-0.4, -0.2) is 32.1 Å². The van der Waals surface area contributed by atoms with Gasteiger partial charge >= 0.3 is 0 Å². The monoisotopic (exact) mass is 222 g/mol. The van der Waals surface area contributed by atoms with Crippen LogP contribution in [0.1, 0.15) is 19.4 Å². The van der Waals surface area contributed by atoms with Crippen molar-refractivity contribution in [2.24, 2.45) is 5.73 Å². The summed E-state index contributed by atoms with van der Waals surface area (Å²) in [5.41, 5.74) is 6.71. The van der Waals surface area contributed by atoms with Gasteiger partial charge < -0.3 is 10.5 Å². The second kappa shape index (κ2) is 5.32. The number of hydrogen-bond donors (Lipinski definition) is 1. The van der Waals surface area contributed by atoms with Gasteiger partial charge in [-0.05, 0) is 27.0 Å². The summed E-state index contributed by atoms with van der Waals surface area (Å²) in [6, 6.07) is 8.12. The lowest BCUT2D eigenvalue weighted by molar-refractivity contribution is 0.157. The van der Waals surface area contributed by atoms with Gasteiger partial charge in [-0.2, -0.15) is 0 Å². The molecule has 0 atom stereocenters. The molecule has 0 bridgehead atoms. The second-order valence-electron chi connectivity index (χ2n) is 4.47. The predicted molar refractivity (Wildman–Crippen MR) is 67.7 cm³/mol. The van der Waals surface area contributed by atoms with E-state index >= 15 is 0 Å². The van der Waals surface area contributed by atoms with E-state index in [-0.39, 0.29) is 5.54 Å². The van der Waals surface area contributed by atoms with Gasteiger partial charge in [0, 0.05) is 24.2 Å². The normalized spacial score (nSPS) is 11.9. The zero-order valence-corrected chi connectivity index (χ0v) is 10.7. The van der Waals surface area contributed by atoms with Gasteiger partial charge in [-0.15, -0.1) is 0 Å². The molecule has 0 spiro atoms. The van der Waals surface area contributed by atoms with Gasteiger partial charge in [0.15, 0.2) is 0 Å². The maximum Gasteiger partial charge on any atom is 0.123 e. The Bertz CT molecular complexity index is 336. The Kier molecular flexibility index (Phi) is 4.33.